The van der Waals surface area contributed by atoms with E-state index < -0.39 is 0 Å². The first-order valence-corrected chi connectivity index (χ1v) is 8.98. The molecule has 0 radical (unpaired) electrons. The van der Waals surface area contributed by atoms with E-state index in [4.69, 9.17) is 9.15 Å². The van der Waals surface area contributed by atoms with Gasteiger partial charge in [0.05, 0.1) is 17.6 Å². The number of amides is 1. The van der Waals surface area contributed by atoms with Crippen molar-refractivity contribution in [2.75, 3.05) is 19.6 Å². The molecule has 0 spiro atoms. The summed E-state index contributed by atoms with van der Waals surface area (Å²) in [6.45, 7) is 10.4. The first kappa shape index (κ1) is 18.6. The average Bonchev–Trinajstić information content (AvgIpc) is 2.59. The Morgan fingerprint density at radius 2 is 1.88 bits per heavy atom. The summed E-state index contributed by atoms with van der Waals surface area (Å²) in [6.07, 6.45) is 0.319. The second-order valence-electron chi connectivity index (χ2n) is 7.63. The molecule has 1 N–H and O–H groups in total. The minimum absolute atomic E-state index is 0.0354. The Morgan fingerprint density at radius 3 is 2.58 bits per heavy atom. The number of ether oxygens (including phenoxy) is 1. The average molecular weight is 358 g/mol. The summed E-state index contributed by atoms with van der Waals surface area (Å²) >= 11 is 0. The van der Waals surface area contributed by atoms with Gasteiger partial charge in [0.2, 0.25) is 0 Å². The van der Waals surface area contributed by atoms with E-state index in [0.29, 0.717) is 17.5 Å². The summed E-state index contributed by atoms with van der Waals surface area (Å²) in [5, 5.41) is 3.38. The molecule has 2 heterocycles. The Balaban J connectivity index is 1.71. The van der Waals surface area contributed by atoms with Crippen LogP contribution in [0.4, 0.5) is 0 Å². The largest absolute Gasteiger partial charge is 0.451 e. The van der Waals surface area contributed by atoms with Gasteiger partial charge in [-0.05, 0) is 39.8 Å². The molecule has 1 aliphatic heterocycles. The smallest absolute Gasteiger partial charge is 0.287 e. The maximum Gasteiger partial charge on any atom is 0.287 e. The van der Waals surface area contributed by atoms with Crippen LogP contribution in [0, 0.1) is 0 Å². The van der Waals surface area contributed by atoms with Crippen molar-refractivity contribution in [3.63, 3.8) is 0 Å². The van der Waals surface area contributed by atoms with E-state index in [1.165, 1.54) is 6.07 Å². The molecule has 1 amide bonds. The number of benzene rings is 1. The highest BCUT2D eigenvalue weighted by atomic mass is 16.5. The number of carbonyl (C=O) groups is 1. The lowest BCUT2D eigenvalue weighted by atomic mass is 10.00. The molecule has 0 saturated carbocycles. The SMILES string of the molecule is C[C@@H]1CN(C(C)(C)CNC(=O)c2cc(=O)c3ccccc3o2)C[C@H](C)O1. The van der Waals surface area contributed by atoms with Gasteiger partial charge in [-0.1, -0.05) is 12.1 Å². The van der Waals surface area contributed by atoms with Crippen LogP contribution in [-0.4, -0.2) is 48.2 Å². The normalized spacial score (nSPS) is 21.7. The van der Waals surface area contributed by atoms with Gasteiger partial charge < -0.3 is 14.5 Å². The first-order valence-electron chi connectivity index (χ1n) is 8.98. The Morgan fingerprint density at radius 1 is 1.23 bits per heavy atom. The fraction of sp³-hybridized carbons (Fsp3) is 0.500. The monoisotopic (exact) mass is 358 g/mol. The van der Waals surface area contributed by atoms with Crippen molar-refractivity contribution in [3.8, 4) is 0 Å². The van der Waals surface area contributed by atoms with Gasteiger partial charge in [0.25, 0.3) is 5.91 Å². The number of para-hydroxylation sites is 1. The molecule has 0 unspecified atom stereocenters. The second kappa shape index (κ2) is 7.21. The van der Waals surface area contributed by atoms with Gasteiger partial charge >= 0.3 is 0 Å². The fourth-order valence-electron chi connectivity index (χ4n) is 3.38. The van der Waals surface area contributed by atoms with Gasteiger partial charge in [0, 0.05) is 31.2 Å². The minimum Gasteiger partial charge on any atom is -0.451 e. The number of hydrogen-bond donors (Lipinski definition) is 1. The molecule has 6 nitrogen and oxygen atoms in total. The summed E-state index contributed by atoms with van der Waals surface area (Å²) in [6, 6.07) is 8.17. The molecule has 6 heteroatoms. The van der Waals surface area contributed by atoms with Crippen LogP contribution in [0.1, 0.15) is 38.2 Å². The molecule has 1 aromatic carbocycles. The molecule has 26 heavy (non-hydrogen) atoms. The van der Waals surface area contributed by atoms with Gasteiger partial charge in [-0.3, -0.25) is 14.5 Å². The van der Waals surface area contributed by atoms with Crippen LogP contribution in [0.3, 0.4) is 0 Å². The molecule has 2 atom stereocenters. The third-order valence-corrected chi connectivity index (χ3v) is 4.82. The zero-order valence-electron chi connectivity index (χ0n) is 15.7. The van der Waals surface area contributed by atoms with Crippen LogP contribution < -0.4 is 10.7 Å². The molecule has 1 fully saturated rings. The predicted molar refractivity (Wildman–Crippen MR) is 100 cm³/mol. The van der Waals surface area contributed by atoms with Crippen molar-refractivity contribution in [1.29, 1.82) is 0 Å². The fourth-order valence-corrected chi connectivity index (χ4v) is 3.38. The number of fused-ring (bicyclic) bond motifs is 1. The summed E-state index contributed by atoms with van der Waals surface area (Å²) in [5.74, 6) is -0.344. The number of nitrogens with one attached hydrogen (secondary N) is 1. The van der Waals surface area contributed by atoms with Crippen LogP contribution in [-0.2, 0) is 4.74 Å². The van der Waals surface area contributed by atoms with Crippen molar-refractivity contribution < 1.29 is 13.9 Å². The Bertz CT molecular complexity index is 848. The summed E-state index contributed by atoms with van der Waals surface area (Å²) in [5.41, 5.74) is -0.0358. The van der Waals surface area contributed by atoms with Crippen LogP contribution >= 0.6 is 0 Å². The highest BCUT2D eigenvalue weighted by molar-refractivity contribution is 5.93. The van der Waals surface area contributed by atoms with Gasteiger partial charge in [-0.25, -0.2) is 0 Å². The van der Waals surface area contributed by atoms with E-state index in [1.807, 2.05) is 0 Å². The lowest BCUT2D eigenvalue weighted by Crippen LogP contribution is -2.58. The van der Waals surface area contributed by atoms with Crippen molar-refractivity contribution in [2.24, 2.45) is 0 Å². The first-order chi connectivity index (χ1) is 12.3. The number of nitrogens with zero attached hydrogens (tertiary/aromatic N) is 1. The van der Waals surface area contributed by atoms with E-state index >= 15 is 0 Å². The van der Waals surface area contributed by atoms with Crippen LogP contribution in [0.2, 0.25) is 0 Å². The maximum atomic E-state index is 12.5. The van der Waals surface area contributed by atoms with E-state index in [1.54, 1.807) is 24.3 Å². The Hall–Kier alpha value is -2.18. The topological polar surface area (TPSA) is 71.8 Å². The number of rotatable bonds is 4. The molecule has 0 bridgehead atoms. The van der Waals surface area contributed by atoms with Crippen LogP contribution in [0.25, 0.3) is 11.0 Å². The third-order valence-electron chi connectivity index (χ3n) is 4.82. The molecule has 1 aliphatic rings. The van der Waals surface area contributed by atoms with Crippen LogP contribution in [0.5, 0.6) is 0 Å². The van der Waals surface area contributed by atoms with Crippen molar-refractivity contribution in [2.45, 2.75) is 45.4 Å². The van der Waals surface area contributed by atoms with E-state index in [0.717, 1.165) is 13.1 Å². The third kappa shape index (κ3) is 3.97. The predicted octanol–water partition coefficient (Wildman–Crippen LogP) is 2.41. The van der Waals surface area contributed by atoms with Crippen molar-refractivity contribution in [3.05, 3.63) is 46.3 Å². The molecule has 3 rings (SSSR count). The molecule has 1 aromatic heterocycles. The standard InChI is InChI=1S/C20H26N2O4/c1-13-10-22(11-14(2)25-13)20(3,4)12-21-19(24)18-9-16(23)15-7-5-6-8-17(15)26-18/h5-9,13-14H,10-12H2,1-4H3,(H,21,24)/t13-,14+. The zero-order valence-corrected chi connectivity index (χ0v) is 15.7. The summed E-state index contributed by atoms with van der Waals surface area (Å²) < 4.78 is 11.4. The second-order valence-corrected chi connectivity index (χ2v) is 7.63. The van der Waals surface area contributed by atoms with E-state index in [2.05, 4.69) is 37.9 Å². The molecule has 1 saturated heterocycles. The molecule has 2 aromatic rings. The Kier molecular flexibility index (Phi) is 5.16. The van der Waals surface area contributed by atoms with Crippen molar-refractivity contribution in [1.82, 2.24) is 10.2 Å². The molecule has 140 valence electrons. The van der Waals surface area contributed by atoms with Crippen LogP contribution in [0.15, 0.2) is 39.5 Å². The zero-order chi connectivity index (χ0) is 18.9. The van der Waals surface area contributed by atoms with Gasteiger partial charge in [-0.15, -0.1) is 0 Å². The lowest BCUT2D eigenvalue weighted by molar-refractivity contribution is -0.0948. The molecular weight excluding hydrogens is 332 g/mol. The highest BCUT2D eigenvalue weighted by Gasteiger charge is 2.33. The molecule has 0 aliphatic carbocycles. The van der Waals surface area contributed by atoms with Gasteiger partial charge in [0.15, 0.2) is 11.2 Å². The Labute approximate surface area is 153 Å². The van der Waals surface area contributed by atoms with Gasteiger partial charge in [0.1, 0.15) is 5.58 Å². The number of carbonyl (C=O) groups excluding carboxylic acids is 1. The van der Waals surface area contributed by atoms with Gasteiger partial charge in [-0.2, -0.15) is 0 Å². The lowest BCUT2D eigenvalue weighted by Gasteiger charge is -2.45. The minimum atomic E-state index is -0.379. The van der Waals surface area contributed by atoms with Crippen molar-refractivity contribution >= 4 is 16.9 Å². The maximum absolute atomic E-state index is 12.5. The summed E-state index contributed by atoms with van der Waals surface area (Å²) in [7, 11) is 0. The summed E-state index contributed by atoms with van der Waals surface area (Å²) in [4.78, 5) is 27.0. The molecular formula is C20H26N2O4. The van der Waals surface area contributed by atoms with E-state index in [9.17, 15) is 9.59 Å². The quantitative estimate of drug-likeness (QED) is 0.909. The number of hydrogen-bond acceptors (Lipinski definition) is 5. The van der Waals surface area contributed by atoms with E-state index in [-0.39, 0.29) is 34.8 Å². The number of morpholine rings is 1. The highest BCUT2D eigenvalue weighted by Crippen LogP contribution is 2.21.